The normalized spacial score (nSPS) is 9.00. The van der Waals surface area contributed by atoms with Crippen molar-refractivity contribution in [3.63, 3.8) is 0 Å². The molecule has 1 N–H and O–H groups in total. The van der Waals surface area contributed by atoms with Crippen LogP contribution in [0.4, 0.5) is 0 Å². The fourth-order valence-electron chi connectivity index (χ4n) is 1.48. The number of methoxy groups -OCH3 is 2. The van der Waals surface area contributed by atoms with Crippen LogP contribution < -0.4 is 9.47 Å². The lowest BCUT2D eigenvalue weighted by atomic mass is 10.1. The minimum atomic E-state index is -0.0999. The van der Waals surface area contributed by atoms with Crippen molar-refractivity contribution in [1.29, 1.82) is 0 Å². The second kappa shape index (κ2) is 7.88. The molecule has 1 rings (SSSR count). The molecule has 0 saturated carbocycles. The number of benzene rings is 1. The largest absolute Gasteiger partial charge is 0.495 e. The first kappa shape index (κ1) is 14.7. The highest BCUT2D eigenvalue weighted by molar-refractivity contribution is 5.57. The molecule has 0 saturated heterocycles. The number of nitrogens with zero attached hydrogens (tertiary/aromatic N) is 3. The SMILES string of the molecule is COc1cc(CO)cc(OC)c1C#CCCN=[N+]=[N-]. The van der Waals surface area contributed by atoms with Gasteiger partial charge in [-0.1, -0.05) is 17.0 Å². The molecular weight excluding hydrogens is 246 g/mol. The minimum Gasteiger partial charge on any atom is -0.495 e. The summed E-state index contributed by atoms with van der Waals surface area (Å²) in [6, 6.07) is 3.42. The van der Waals surface area contributed by atoms with Gasteiger partial charge in [-0.05, 0) is 23.2 Å². The first-order chi connectivity index (χ1) is 9.26. The van der Waals surface area contributed by atoms with Crippen molar-refractivity contribution >= 4 is 0 Å². The lowest BCUT2D eigenvalue weighted by Crippen LogP contribution is -1.96. The van der Waals surface area contributed by atoms with Gasteiger partial charge in [0.15, 0.2) is 0 Å². The highest BCUT2D eigenvalue weighted by atomic mass is 16.5. The Morgan fingerprint density at radius 1 is 1.32 bits per heavy atom. The van der Waals surface area contributed by atoms with Crippen LogP contribution in [0.5, 0.6) is 11.5 Å². The summed E-state index contributed by atoms with van der Waals surface area (Å²) in [6.45, 7) is 0.222. The Hall–Kier alpha value is -2.35. The molecule has 0 radical (unpaired) electrons. The third-order valence-electron chi connectivity index (χ3n) is 2.36. The van der Waals surface area contributed by atoms with E-state index in [0.29, 0.717) is 35.6 Å². The van der Waals surface area contributed by atoms with E-state index in [1.807, 2.05) is 0 Å². The molecule has 0 aliphatic heterocycles. The molecule has 0 bridgehead atoms. The van der Waals surface area contributed by atoms with Crippen molar-refractivity contribution in [3.8, 4) is 23.3 Å². The summed E-state index contributed by atoms with van der Waals surface area (Å²) < 4.78 is 10.5. The maximum Gasteiger partial charge on any atom is 0.138 e. The molecule has 6 nitrogen and oxygen atoms in total. The monoisotopic (exact) mass is 261 g/mol. The lowest BCUT2D eigenvalue weighted by Gasteiger charge is -2.10. The Balaban J connectivity index is 3.06. The molecule has 0 aliphatic carbocycles. The third kappa shape index (κ3) is 4.11. The van der Waals surface area contributed by atoms with Crippen LogP contribution in [0.25, 0.3) is 10.4 Å². The number of hydrogen-bond acceptors (Lipinski definition) is 4. The number of ether oxygens (including phenoxy) is 2. The number of aliphatic hydroxyl groups excluding tert-OH is 1. The fraction of sp³-hybridized carbons (Fsp3) is 0.385. The number of aliphatic hydroxyl groups is 1. The van der Waals surface area contributed by atoms with E-state index in [0.717, 1.165) is 0 Å². The average molecular weight is 261 g/mol. The summed E-state index contributed by atoms with van der Waals surface area (Å²) in [4.78, 5) is 2.65. The van der Waals surface area contributed by atoms with E-state index in [9.17, 15) is 0 Å². The summed E-state index contributed by atoms with van der Waals surface area (Å²) in [5.41, 5.74) is 9.45. The quantitative estimate of drug-likeness (QED) is 0.290. The van der Waals surface area contributed by atoms with Crippen LogP contribution in [0.1, 0.15) is 17.5 Å². The van der Waals surface area contributed by atoms with Crippen molar-refractivity contribution < 1.29 is 14.6 Å². The topological polar surface area (TPSA) is 87.5 Å². The molecule has 0 amide bonds. The van der Waals surface area contributed by atoms with Gasteiger partial charge in [-0.25, -0.2) is 0 Å². The number of rotatable bonds is 5. The van der Waals surface area contributed by atoms with Crippen LogP contribution >= 0.6 is 0 Å². The second-order valence-corrected chi connectivity index (χ2v) is 3.54. The summed E-state index contributed by atoms with van der Waals surface area (Å²) in [5, 5.41) is 12.5. The summed E-state index contributed by atoms with van der Waals surface area (Å²) in [6.07, 6.45) is 0.456. The molecule has 0 fully saturated rings. The van der Waals surface area contributed by atoms with Crippen molar-refractivity contribution in [2.75, 3.05) is 20.8 Å². The predicted octanol–water partition coefficient (Wildman–Crippen LogP) is 2.25. The standard InChI is InChI=1S/C13H15N3O3/c1-18-12-7-10(9-17)8-13(19-2)11(12)5-3-4-6-15-16-14/h7-8,17H,4,6,9H2,1-2H3. The Kier molecular flexibility index (Phi) is 6.10. The van der Waals surface area contributed by atoms with E-state index in [-0.39, 0.29) is 6.61 Å². The lowest BCUT2D eigenvalue weighted by molar-refractivity contribution is 0.280. The van der Waals surface area contributed by atoms with Gasteiger partial charge >= 0.3 is 0 Å². The van der Waals surface area contributed by atoms with E-state index < -0.39 is 0 Å². The van der Waals surface area contributed by atoms with E-state index in [2.05, 4.69) is 21.9 Å². The Morgan fingerprint density at radius 2 is 1.95 bits per heavy atom. The van der Waals surface area contributed by atoms with E-state index in [1.165, 1.54) is 14.2 Å². The maximum atomic E-state index is 9.15. The second-order valence-electron chi connectivity index (χ2n) is 3.54. The molecule has 19 heavy (non-hydrogen) atoms. The first-order valence-corrected chi connectivity index (χ1v) is 5.62. The van der Waals surface area contributed by atoms with E-state index in [1.54, 1.807) is 12.1 Å². The molecule has 0 atom stereocenters. The van der Waals surface area contributed by atoms with Gasteiger partial charge in [-0.3, -0.25) is 0 Å². The molecule has 0 unspecified atom stereocenters. The van der Waals surface area contributed by atoms with Gasteiger partial charge < -0.3 is 14.6 Å². The fourth-order valence-corrected chi connectivity index (χ4v) is 1.48. The van der Waals surface area contributed by atoms with Crippen LogP contribution in [0.15, 0.2) is 17.2 Å². The molecule has 0 heterocycles. The maximum absolute atomic E-state index is 9.15. The Labute approximate surface area is 111 Å². The summed E-state index contributed by atoms with van der Waals surface area (Å²) in [5.74, 6) is 6.90. The molecule has 6 heteroatoms. The van der Waals surface area contributed by atoms with Crippen LogP contribution in [-0.4, -0.2) is 25.9 Å². The Bertz CT molecular complexity index is 515. The molecular formula is C13H15N3O3. The van der Waals surface area contributed by atoms with Gasteiger partial charge in [0.1, 0.15) is 17.1 Å². The van der Waals surface area contributed by atoms with Gasteiger partial charge in [-0.15, -0.1) is 0 Å². The van der Waals surface area contributed by atoms with Crippen molar-refractivity contribution in [1.82, 2.24) is 0 Å². The highest BCUT2D eigenvalue weighted by Gasteiger charge is 2.10. The minimum absolute atomic E-state index is 0.0999. The molecule has 0 spiro atoms. The molecule has 1 aromatic carbocycles. The number of hydrogen-bond donors (Lipinski definition) is 1. The van der Waals surface area contributed by atoms with Gasteiger partial charge in [0.25, 0.3) is 0 Å². The van der Waals surface area contributed by atoms with Crippen LogP contribution in [0.3, 0.4) is 0 Å². The average Bonchev–Trinajstić information content (AvgIpc) is 2.46. The zero-order valence-electron chi connectivity index (χ0n) is 10.9. The summed E-state index contributed by atoms with van der Waals surface area (Å²) in [7, 11) is 3.06. The van der Waals surface area contributed by atoms with Crippen LogP contribution in [0, 0.1) is 11.8 Å². The number of azide groups is 1. The zero-order chi connectivity index (χ0) is 14.1. The van der Waals surface area contributed by atoms with Crippen molar-refractivity contribution in [2.24, 2.45) is 5.11 Å². The highest BCUT2D eigenvalue weighted by Crippen LogP contribution is 2.29. The molecule has 0 aliphatic rings. The molecule has 100 valence electrons. The van der Waals surface area contributed by atoms with Crippen LogP contribution in [0.2, 0.25) is 0 Å². The zero-order valence-corrected chi connectivity index (χ0v) is 10.9. The van der Waals surface area contributed by atoms with Gasteiger partial charge in [0.2, 0.25) is 0 Å². The van der Waals surface area contributed by atoms with Gasteiger partial charge in [0, 0.05) is 17.9 Å². The summed E-state index contributed by atoms with van der Waals surface area (Å²) >= 11 is 0. The third-order valence-corrected chi connectivity index (χ3v) is 2.36. The predicted molar refractivity (Wildman–Crippen MR) is 71.0 cm³/mol. The first-order valence-electron chi connectivity index (χ1n) is 5.62. The van der Waals surface area contributed by atoms with Crippen molar-refractivity contribution in [2.45, 2.75) is 13.0 Å². The Morgan fingerprint density at radius 3 is 2.42 bits per heavy atom. The van der Waals surface area contributed by atoms with Gasteiger partial charge in [-0.2, -0.15) is 0 Å². The molecule has 0 aromatic heterocycles. The van der Waals surface area contributed by atoms with Crippen LogP contribution in [-0.2, 0) is 6.61 Å². The van der Waals surface area contributed by atoms with Gasteiger partial charge in [0.05, 0.1) is 20.8 Å². The van der Waals surface area contributed by atoms with Crippen molar-refractivity contribution in [3.05, 3.63) is 33.7 Å². The molecule has 1 aromatic rings. The van der Waals surface area contributed by atoms with E-state index in [4.69, 9.17) is 20.1 Å². The van der Waals surface area contributed by atoms with E-state index >= 15 is 0 Å². The smallest absolute Gasteiger partial charge is 0.138 e.